The average Bonchev–Trinajstić information content (AvgIpc) is 2.48. The molecule has 0 radical (unpaired) electrons. The van der Waals surface area contributed by atoms with Crippen LogP contribution in [0.25, 0.3) is 0 Å². The van der Waals surface area contributed by atoms with E-state index in [0.29, 0.717) is 6.04 Å². The highest BCUT2D eigenvalue weighted by Crippen LogP contribution is 2.14. The molecule has 1 unspecified atom stereocenters. The van der Waals surface area contributed by atoms with Gasteiger partial charge in [0, 0.05) is 24.9 Å². The minimum absolute atomic E-state index is 0.626. The van der Waals surface area contributed by atoms with Crippen LogP contribution < -0.4 is 5.73 Å². The van der Waals surface area contributed by atoms with Gasteiger partial charge in [-0.25, -0.2) is 0 Å². The van der Waals surface area contributed by atoms with Crippen LogP contribution in [0.1, 0.15) is 12.8 Å². The van der Waals surface area contributed by atoms with Crippen LogP contribution in [-0.4, -0.2) is 54.1 Å². The molecule has 1 aliphatic heterocycles. The van der Waals surface area contributed by atoms with E-state index in [2.05, 4.69) is 22.9 Å². The Morgan fingerprint density at radius 2 is 2.29 bits per heavy atom. The SMILES string of the molecule is CSCCC(CN)N1CCCSCC1. The minimum Gasteiger partial charge on any atom is -0.329 e. The lowest BCUT2D eigenvalue weighted by atomic mass is 10.2. The first kappa shape index (κ1) is 12.7. The lowest BCUT2D eigenvalue weighted by Gasteiger charge is -2.29. The summed E-state index contributed by atoms with van der Waals surface area (Å²) in [5.74, 6) is 3.86. The smallest absolute Gasteiger partial charge is 0.0226 e. The quantitative estimate of drug-likeness (QED) is 0.781. The topological polar surface area (TPSA) is 29.3 Å². The van der Waals surface area contributed by atoms with E-state index < -0.39 is 0 Å². The first-order chi connectivity index (χ1) is 6.88. The van der Waals surface area contributed by atoms with Gasteiger partial charge >= 0.3 is 0 Å². The molecule has 2 nitrogen and oxygen atoms in total. The number of thioether (sulfide) groups is 2. The third-order valence-electron chi connectivity index (χ3n) is 2.70. The Morgan fingerprint density at radius 3 is 3.00 bits per heavy atom. The monoisotopic (exact) mass is 234 g/mol. The van der Waals surface area contributed by atoms with Crippen LogP contribution in [0.15, 0.2) is 0 Å². The summed E-state index contributed by atoms with van der Waals surface area (Å²) in [6.45, 7) is 3.31. The zero-order valence-corrected chi connectivity index (χ0v) is 10.7. The number of nitrogens with two attached hydrogens (primary N) is 1. The van der Waals surface area contributed by atoms with Crippen LogP contribution >= 0.6 is 23.5 Å². The largest absolute Gasteiger partial charge is 0.329 e. The maximum Gasteiger partial charge on any atom is 0.0226 e. The van der Waals surface area contributed by atoms with Crippen molar-refractivity contribution in [2.75, 3.05) is 43.1 Å². The van der Waals surface area contributed by atoms with Crippen LogP contribution in [0.2, 0.25) is 0 Å². The first-order valence-corrected chi connectivity index (χ1v) is 7.94. The molecule has 0 aliphatic carbocycles. The van der Waals surface area contributed by atoms with E-state index in [4.69, 9.17) is 5.73 Å². The van der Waals surface area contributed by atoms with Gasteiger partial charge in [0.25, 0.3) is 0 Å². The molecule has 0 bridgehead atoms. The van der Waals surface area contributed by atoms with Crippen molar-refractivity contribution < 1.29 is 0 Å². The summed E-state index contributed by atoms with van der Waals surface area (Å²) in [4.78, 5) is 2.59. The van der Waals surface area contributed by atoms with Crippen molar-refractivity contribution in [3.8, 4) is 0 Å². The highest BCUT2D eigenvalue weighted by molar-refractivity contribution is 7.99. The molecule has 1 rings (SSSR count). The summed E-state index contributed by atoms with van der Waals surface area (Å²) in [5.41, 5.74) is 5.84. The van der Waals surface area contributed by atoms with Gasteiger partial charge in [0.2, 0.25) is 0 Å². The van der Waals surface area contributed by atoms with Crippen molar-refractivity contribution in [3.05, 3.63) is 0 Å². The molecule has 0 aromatic rings. The van der Waals surface area contributed by atoms with Crippen molar-refractivity contribution in [1.82, 2.24) is 4.90 Å². The van der Waals surface area contributed by atoms with Gasteiger partial charge in [0.15, 0.2) is 0 Å². The normalized spacial score (nSPS) is 21.9. The van der Waals surface area contributed by atoms with Crippen molar-refractivity contribution in [2.24, 2.45) is 5.73 Å². The Bertz CT molecular complexity index is 136. The second-order valence-corrected chi connectivity index (χ2v) is 5.88. The van der Waals surface area contributed by atoms with Crippen molar-refractivity contribution in [1.29, 1.82) is 0 Å². The summed E-state index contributed by atoms with van der Waals surface area (Å²) in [5, 5.41) is 0. The second kappa shape index (κ2) is 7.85. The van der Waals surface area contributed by atoms with E-state index in [1.807, 2.05) is 11.8 Å². The Labute approximate surface area is 96.4 Å². The number of hydrogen-bond donors (Lipinski definition) is 1. The number of rotatable bonds is 5. The van der Waals surface area contributed by atoms with Gasteiger partial charge in [-0.2, -0.15) is 23.5 Å². The number of nitrogens with zero attached hydrogens (tertiary/aromatic N) is 1. The molecule has 1 aliphatic rings. The molecule has 0 aromatic carbocycles. The zero-order valence-electron chi connectivity index (χ0n) is 9.08. The molecule has 1 fully saturated rings. The summed E-state index contributed by atoms with van der Waals surface area (Å²) < 4.78 is 0. The summed E-state index contributed by atoms with van der Waals surface area (Å²) in [6.07, 6.45) is 4.76. The van der Waals surface area contributed by atoms with Crippen LogP contribution in [0.5, 0.6) is 0 Å². The molecule has 0 aromatic heterocycles. The average molecular weight is 234 g/mol. The fraction of sp³-hybridized carbons (Fsp3) is 1.00. The van der Waals surface area contributed by atoms with Gasteiger partial charge < -0.3 is 5.73 Å². The van der Waals surface area contributed by atoms with Gasteiger partial charge in [0.1, 0.15) is 0 Å². The van der Waals surface area contributed by atoms with Gasteiger partial charge in [-0.3, -0.25) is 4.90 Å². The standard InChI is InChI=1S/C10H22N2S2/c1-13-7-3-10(9-11)12-4-2-6-14-8-5-12/h10H,2-9,11H2,1H3. The second-order valence-electron chi connectivity index (χ2n) is 3.67. The molecule has 14 heavy (non-hydrogen) atoms. The van der Waals surface area contributed by atoms with Crippen LogP contribution in [0, 0.1) is 0 Å². The zero-order chi connectivity index (χ0) is 10.2. The first-order valence-electron chi connectivity index (χ1n) is 5.39. The van der Waals surface area contributed by atoms with Crippen LogP contribution in [-0.2, 0) is 0 Å². The van der Waals surface area contributed by atoms with Gasteiger partial charge in [-0.1, -0.05) is 0 Å². The Balaban J connectivity index is 2.32. The van der Waals surface area contributed by atoms with Crippen molar-refractivity contribution in [3.63, 3.8) is 0 Å². The fourth-order valence-corrected chi connectivity index (χ4v) is 3.24. The van der Waals surface area contributed by atoms with E-state index in [0.717, 1.165) is 6.54 Å². The molecule has 1 saturated heterocycles. The van der Waals surface area contributed by atoms with E-state index in [-0.39, 0.29) is 0 Å². The third kappa shape index (κ3) is 4.43. The maximum atomic E-state index is 5.84. The lowest BCUT2D eigenvalue weighted by Crippen LogP contribution is -2.42. The Kier molecular flexibility index (Phi) is 7.12. The third-order valence-corrected chi connectivity index (χ3v) is 4.39. The fourth-order valence-electron chi connectivity index (χ4n) is 1.83. The van der Waals surface area contributed by atoms with Crippen molar-refractivity contribution >= 4 is 23.5 Å². The number of hydrogen-bond acceptors (Lipinski definition) is 4. The lowest BCUT2D eigenvalue weighted by molar-refractivity contribution is 0.212. The highest BCUT2D eigenvalue weighted by atomic mass is 32.2. The highest BCUT2D eigenvalue weighted by Gasteiger charge is 2.17. The Hall–Kier alpha value is 0.620. The molecule has 4 heteroatoms. The molecule has 1 heterocycles. The molecule has 0 amide bonds. The van der Waals surface area contributed by atoms with E-state index in [1.165, 1.54) is 43.2 Å². The summed E-state index contributed by atoms with van der Waals surface area (Å²) in [7, 11) is 0. The molecular formula is C10H22N2S2. The molecule has 1 atom stereocenters. The van der Waals surface area contributed by atoms with E-state index >= 15 is 0 Å². The molecular weight excluding hydrogens is 212 g/mol. The van der Waals surface area contributed by atoms with Gasteiger partial charge in [0.05, 0.1) is 0 Å². The van der Waals surface area contributed by atoms with Crippen LogP contribution in [0.4, 0.5) is 0 Å². The molecule has 0 spiro atoms. The van der Waals surface area contributed by atoms with E-state index in [1.54, 1.807) is 0 Å². The summed E-state index contributed by atoms with van der Waals surface area (Å²) >= 11 is 4.01. The predicted octanol–water partition coefficient (Wildman–Crippen LogP) is 1.51. The molecule has 2 N–H and O–H groups in total. The summed E-state index contributed by atoms with van der Waals surface area (Å²) in [6, 6.07) is 0.626. The van der Waals surface area contributed by atoms with Gasteiger partial charge in [-0.05, 0) is 37.1 Å². The van der Waals surface area contributed by atoms with Crippen molar-refractivity contribution in [2.45, 2.75) is 18.9 Å². The molecule has 0 saturated carbocycles. The molecule has 84 valence electrons. The van der Waals surface area contributed by atoms with E-state index in [9.17, 15) is 0 Å². The van der Waals surface area contributed by atoms with Crippen LogP contribution in [0.3, 0.4) is 0 Å². The Morgan fingerprint density at radius 1 is 1.43 bits per heavy atom. The predicted molar refractivity (Wildman–Crippen MR) is 69.4 cm³/mol. The minimum atomic E-state index is 0.626. The van der Waals surface area contributed by atoms with Gasteiger partial charge in [-0.15, -0.1) is 0 Å². The maximum absolute atomic E-state index is 5.84.